The topological polar surface area (TPSA) is 96.0 Å². The fourth-order valence-corrected chi connectivity index (χ4v) is 4.73. The number of nitrogens with zero attached hydrogens (tertiary/aromatic N) is 2. The van der Waals surface area contributed by atoms with Crippen LogP contribution in [0.3, 0.4) is 0 Å². The lowest BCUT2D eigenvalue weighted by Gasteiger charge is -2.33. The van der Waals surface area contributed by atoms with Crippen LogP contribution in [0.2, 0.25) is 0 Å². The Labute approximate surface area is 158 Å². The van der Waals surface area contributed by atoms with Crippen LogP contribution >= 0.6 is 0 Å². The fraction of sp³-hybridized carbons (Fsp3) is 0.444. The molecule has 0 bridgehead atoms. The second-order valence-corrected chi connectivity index (χ2v) is 8.56. The highest BCUT2D eigenvalue weighted by Crippen LogP contribution is 2.36. The second-order valence-electron chi connectivity index (χ2n) is 6.63. The van der Waals surface area contributed by atoms with Gasteiger partial charge in [0.05, 0.1) is 11.5 Å². The van der Waals surface area contributed by atoms with Crippen LogP contribution in [0.4, 0.5) is 10.5 Å². The monoisotopic (exact) mass is 393 g/mol. The van der Waals surface area contributed by atoms with E-state index in [0.29, 0.717) is 16.8 Å². The number of piperazine rings is 1. The van der Waals surface area contributed by atoms with Gasteiger partial charge in [-0.25, -0.2) is 13.2 Å². The van der Waals surface area contributed by atoms with E-state index in [1.165, 1.54) is 15.3 Å². The van der Waals surface area contributed by atoms with Gasteiger partial charge in [-0.2, -0.15) is 4.31 Å². The van der Waals surface area contributed by atoms with E-state index in [2.05, 4.69) is 5.32 Å². The molecule has 1 fully saturated rings. The van der Waals surface area contributed by atoms with Gasteiger partial charge in [-0.15, -0.1) is 0 Å². The summed E-state index contributed by atoms with van der Waals surface area (Å²) in [4.78, 5) is 25.5. The first kappa shape index (κ1) is 19.4. The van der Waals surface area contributed by atoms with Crippen molar-refractivity contribution in [3.05, 3.63) is 29.3 Å². The largest absolute Gasteiger partial charge is 0.450 e. The summed E-state index contributed by atoms with van der Waals surface area (Å²) in [6.45, 7) is 6.61. The van der Waals surface area contributed by atoms with Crippen LogP contribution in [0.15, 0.2) is 28.7 Å². The minimum atomic E-state index is -3.72. The van der Waals surface area contributed by atoms with Crippen molar-refractivity contribution in [1.82, 2.24) is 9.21 Å². The summed E-state index contributed by atoms with van der Waals surface area (Å²) in [5, 5.41) is 2.75. The molecule has 1 aromatic carbocycles. The average Bonchev–Trinajstić information content (AvgIpc) is 2.97. The van der Waals surface area contributed by atoms with Gasteiger partial charge in [0.2, 0.25) is 10.0 Å². The van der Waals surface area contributed by atoms with Crippen molar-refractivity contribution in [2.24, 2.45) is 0 Å². The molecule has 8 nitrogen and oxygen atoms in total. The highest BCUT2D eigenvalue weighted by Gasteiger charge is 2.33. The number of benzene rings is 1. The summed E-state index contributed by atoms with van der Waals surface area (Å²) < 4.78 is 32.3. The van der Waals surface area contributed by atoms with Crippen LogP contribution in [0.1, 0.15) is 26.3 Å². The molecular weight excluding hydrogens is 370 g/mol. The Morgan fingerprint density at radius 1 is 1.19 bits per heavy atom. The van der Waals surface area contributed by atoms with E-state index in [9.17, 15) is 18.0 Å². The Balaban J connectivity index is 1.83. The van der Waals surface area contributed by atoms with Crippen molar-refractivity contribution in [1.29, 1.82) is 0 Å². The van der Waals surface area contributed by atoms with Gasteiger partial charge >= 0.3 is 6.09 Å². The zero-order valence-electron chi connectivity index (χ0n) is 15.6. The number of hydrogen-bond donors (Lipinski definition) is 1. The summed E-state index contributed by atoms with van der Waals surface area (Å²) in [5.74, 6) is -0.220. The molecule has 9 heteroatoms. The van der Waals surface area contributed by atoms with Crippen LogP contribution < -0.4 is 5.32 Å². The van der Waals surface area contributed by atoms with Crippen molar-refractivity contribution in [3.63, 3.8) is 0 Å². The average molecular weight is 393 g/mol. The third-order valence-electron chi connectivity index (χ3n) is 4.64. The zero-order chi connectivity index (χ0) is 19.8. The molecule has 0 saturated carbocycles. The van der Waals surface area contributed by atoms with E-state index < -0.39 is 16.1 Å². The molecule has 1 N–H and O–H groups in total. The van der Waals surface area contributed by atoms with Crippen LogP contribution in [0, 0.1) is 0 Å². The molecule has 146 valence electrons. The third-order valence-corrected chi connectivity index (χ3v) is 6.53. The molecular formula is C18H23N3O5S. The molecule has 2 aliphatic rings. The van der Waals surface area contributed by atoms with Gasteiger partial charge in [0.25, 0.3) is 5.91 Å². The molecule has 3 rings (SSSR count). The van der Waals surface area contributed by atoms with Crippen molar-refractivity contribution in [2.45, 2.75) is 25.7 Å². The molecule has 0 aromatic heterocycles. The number of carbonyl (C=O) groups excluding carboxylic acids is 2. The van der Waals surface area contributed by atoms with Gasteiger partial charge in [-0.05, 0) is 39.0 Å². The number of hydrogen-bond acceptors (Lipinski definition) is 5. The number of amides is 2. The molecule has 1 aromatic rings. The number of allylic oxidation sites excluding steroid dienone is 1. The summed E-state index contributed by atoms with van der Waals surface area (Å²) in [5.41, 5.74) is 2.55. The van der Waals surface area contributed by atoms with E-state index in [1.807, 2.05) is 13.8 Å². The minimum absolute atomic E-state index is 0.140. The Morgan fingerprint density at radius 3 is 2.44 bits per heavy atom. The molecule has 2 heterocycles. The Hall–Kier alpha value is -2.39. The normalized spacial score (nSPS) is 17.5. The number of carbonyl (C=O) groups is 2. The van der Waals surface area contributed by atoms with Crippen LogP contribution in [0.5, 0.6) is 0 Å². The van der Waals surface area contributed by atoms with Gasteiger partial charge in [-0.1, -0.05) is 5.57 Å². The SMILES string of the molecule is CCOC(=O)N1CCN(S(=O)(=O)c2ccc3c(c2)C(=C(C)C)C(=O)N3)CC1. The van der Waals surface area contributed by atoms with E-state index in [0.717, 1.165) is 5.57 Å². The lowest BCUT2D eigenvalue weighted by Crippen LogP contribution is -2.50. The Kier molecular flexibility index (Phi) is 5.25. The van der Waals surface area contributed by atoms with E-state index in [4.69, 9.17) is 4.74 Å². The van der Waals surface area contributed by atoms with Gasteiger partial charge in [-0.3, -0.25) is 4.79 Å². The fourth-order valence-electron chi connectivity index (χ4n) is 3.28. The lowest BCUT2D eigenvalue weighted by molar-refractivity contribution is -0.110. The molecule has 0 spiro atoms. The van der Waals surface area contributed by atoms with Crippen molar-refractivity contribution in [3.8, 4) is 0 Å². The number of rotatable bonds is 3. The number of anilines is 1. The van der Waals surface area contributed by atoms with E-state index in [-0.39, 0.29) is 43.6 Å². The highest BCUT2D eigenvalue weighted by molar-refractivity contribution is 7.89. The van der Waals surface area contributed by atoms with Crippen molar-refractivity contribution in [2.75, 3.05) is 38.1 Å². The molecule has 2 amide bonds. The summed E-state index contributed by atoms with van der Waals surface area (Å²) in [7, 11) is -3.72. The maximum absolute atomic E-state index is 13.0. The van der Waals surface area contributed by atoms with E-state index in [1.54, 1.807) is 19.1 Å². The molecule has 1 saturated heterocycles. The second kappa shape index (κ2) is 7.32. The number of sulfonamides is 1. The molecule has 27 heavy (non-hydrogen) atoms. The number of ether oxygens (including phenoxy) is 1. The van der Waals surface area contributed by atoms with Gasteiger partial charge < -0.3 is 15.0 Å². The quantitative estimate of drug-likeness (QED) is 0.791. The lowest BCUT2D eigenvalue weighted by atomic mass is 10.0. The maximum atomic E-state index is 13.0. The maximum Gasteiger partial charge on any atom is 0.409 e. The minimum Gasteiger partial charge on any atom is -0.450 e. The summed E-state index contributed by atoms with van der Waals surface area (Å²) in [6.07, 6.45) is -0.426. The number of fused-ring (bicyclic) bond motifs is 1. The smallest absolute Gasteiger partial charge is 0.409 e. The molecule has 0 radical (unpaired) electrons. The molecule has 0 unspecified atom stereocenters. The first-order valence-corrected chi connectivity index (χ1v) is 10.2. The van der Waals surface area contributed by atoms with Crippen LogP contribution in [0.25, 0.3) is 5.57 Å². The standard InChI is InChI=1S/C18H23N3O5S/c1-4-26-18(23)20-7-9-21(10-8-20)27(24,25)13-5-6-15-14(11-13)16(12(2)3)17(22)19-15/h5-6,11H,4,7-10H2,1-3H3,(H,19,22). The van der Waals surface area contributed by atoms with Gasteiger partial charge in [0, 0.05) is 43.0 Å². The van der Waals surface area contributed by atoms with Crippen LogP contribution in [-0.4, -0.2) is 62.4 Å². The predicted molar refractivity (Wildman–Crippen MR) is 101 cm³/mol. The zero-order valence-corrected chi connectivity index (χ0v) is 16.4. The Morgan fingerprint density at radius 2 is 1.85 bits per heavy atom. The summed E-state index contributed by atoms with van der Waals surface area (Å²) >= 11 is 0. The molecule has 2 aliphatic heterocycles. The van der Waals surface area contributed by atoms with Crippen LogP contribution in [-0.2, 0) is 19.6 Å². The third kappa shape index (κ3) is 3.57. The van der Waals surface area contributed by atoms with Gasteiger partial charge in [0.1, 0.15) is 0 Å². The van der Waals surface area contributed by atoms with Crippen molar-refractivity contribution >= 4 is 33.3 Å². The molecule has 0 atom stereocenters. The van der Waals surface area contributed by atoms with Gasteiger partial charge in [0.15, 0.2) is 0 Å². The summed E-state index contributed by atoms with van der Waals surface area (Å²) in [6, 6.07) is 4.66. The predicted octanol–water partition coefficient (Wildman–Crippen LogP) is 1.89. The first-order valence-electron chi connectivity index (χ1n) is 8.80. The highest BCUT2D eigenvalue weighted by atomic mass is 32.2. The van der Waals surface area contributed by atoms with Crippen molar-refractivity contribution < 1.29 is 22.7 Å². The Bertz CT molecular complexity index is 911. The van der Waals surface area contributed by atoms with E-state index >= 15 is 0 Å². The number of nitrogens with one attached hydrogen (secondary N) is 1. The molecule has 0 aliphatic carbocycles. The first-order chi connectivity index (χ1) is 12.8.